The monoisotopic (exact) mass is 314 g/mol. The third-order valence-corrected chi connectivity index (χ3v) is 3.38. The maximum Gasteiger partial charge on any atom is 0.269 e. The van der Waals surface area contributed by atoms with Gasteiger partial charge in [0.15, 0.2) is 5.82 Å². The fraction of sp³-hybridized carbons (Fsp3) is 0.133. The first-order valence-electron chi connectivity index (χ1n) is 6.64. The van der Waals surface area contributed by atoms with Gasteiger partial charge in [-0.15, -0.1) is 0 Å². The molecule has 0 saturated heterocycles. The number of fused-ring (bicyclic) bond motifs is 1. The Morgan fingerprint density at radius 2 is 2.22 bits per heavy atom. The predicted octanol–water partition coefficient (Wildman–Crippen LogP) is 1.49. The minimum atomic E-state index is -0.861. The van der Waals surface area contributed by atoms with E-state index in [1.807, 2.05) is 0 Å². The maximum absolute atomic E-state index is 13.3. The van der Waals surface area contributed by atoms with E-state index in [9.17, 15) is 14.4 Å². The normalized spacial score (nSPS) is 16.7. The van der Waals surface area contributed by atoms with Crippen molar-refractivity contribution in [2.24, 2.45) is 5.73 Å². The van der Waals surface area contributed by atoms with Crippen molar-refractivity contribution in [1.29, 1.82) is 5.26 Å². The van der Waals surface area contributed by atoms with E-state index in [2.05, 4.69) is 4.98 Å². The first kappa shape index (κ1) is 14.9. The first-order chi connectivity index (χ1) is 11.0. The molecule has 1 aliphatic rings. The van der Waals surface area contributed by atoms with E-state index in [1.54, 1.807) is 12.1 Å². The van der Waals surface area contributed by atoms with Crippen LogP contribution in [0.1, 0.15) is 11.1 Å². The Kier molecular flexibility index (Phi) is 3.65. The van der Waals surface area contributed by atoms with Crippen LogP contribution >= 0.6 is 0 Å². The Bertz CT molecular complexity index is 834. The van der Waals surface area contributed by atoms with E-state index in [0.29, 0.717) is 16.4 Å². The highest BCUT2D eigenvalue weighted by Gasteiger charge is 2.31. The van der Waals surface area contributed by atoms with Crippen LogP contribution in [0.25, 0.3) is 0 Å². The Morgan fingerprint density at radius 3 is 2.96 bits per heavy atom. The van der Waals surface area contributed by atoms with E-state index >= 15 is 0 Å². The van der Waals surface area contributed by atoms with Gasteiger partial charge in [0.25, 0.3) is 5.91 Å². The van der Waals surface area contributed by atoms with Gasteiger partial charge in [0.05, 0.1) is 17.8 Å². The third kappa shape index (κ3) is 2.70. The summed E-state index contributed by atoms with van der Waals surface area (Å²) in [6.07, 6.45) is 1.52. The van der Waals surface area contributed by atoms with Gasteiger partial charge in [0, 0.05) is 18.1 Å². The van der Waals surface area contributed by atoms with Crippen LogP contribution in [0.15, 0.2) is 30.5 Å². The van der Waals surface area contributed by atoms with Crippen molar-refractivity contribution in [3.05, 3.63) is 47.4 Å². The molecule has 0 radical (unpaired) electrons. The second-order valence-corrected chi connectivity index (χ2v) is 4.97. The van der Waals surface area contributed by atoms with Gasteiger partial charge in [-0.05, 0) is 18.2 Å². The predicted molar refractivity (Wildman–Crippen MR) is 76.4 cm³/mol. The lowest BCUT2D eigenvalue weighted by atomic mass is 10.0. The number of ether oxygens (including phenoxy) is 1. The molecule has 1 aromatic carbocycles. The van der Waals surface area contributed by atoms with Crippen LogP contribution in [0.5, 0.6) is 11.5 Å². The van der Waals surface area contributed by atoms with Crippen LogP contribution in [-0.2, 0) is 11.2 Å². The van der Waals surface area contributed by atoms with Gasteiger partial charge in [0.1, 0.15) is 23.4 Å². The van der Waals surface area contributed by atoms with Gasteiger partial charge < -0.3 is 10.5 Å². The van der Waals surface area contributed by atoms with Crippen LogP contribution in [0.2, 0.25) is 0 Å². The van der Waals surface area contributed by atoms with Crippen LogP contribution in [-0.4, -0.2) is 22.1 Å². The largest absolute Gasteiger partial charge is 0.456 e. The number of hydrogen-bond donors (Lipinski definition) is 2. The van der Waals surface area contributed by atoms with Crippen LogP contribution in [0.3, 0.4) is 0 Å². The van der Waals surface area contributed by atoms with Gasteiger partial charge in [0.2, 0.25) is 0 Å². The number of nitrogens with two attached hydrogens (primary N) is 1. The molecular weight excluding hydrogens is 303 g/mol. The summed E-state index contributed by atoms with van der Waals surface area (Å²) in [5.74, 6) is -0.587. The molecule has 3 rings (SSSR count). The number of rotatable bonds is 2. The molecule has 7 nitrogen and oxygen atoms in total. The van der Waals surface area contributed by atoms with E-state index in [4.69, 9.17) is 15.7 Å². The quantitative estimate of drug-likeness (QED) is 0.812. The standard InChI is InChI=1S/C15H11FN4O3/c16-12-2-1-10(4-9(12)6-17)23-11-3-8-5-13(18)15(21)20(22)14(8)19-7-11/h1-4,7,13,22H,5,18H2/t13-/m0/s1. The molecule has 1 aromatic heterocycles. The Hall–Kier alpha value is -3.02. The number of nitriles is 1. The smallest absolute Gasteiger partial charge is 0.269 e. The molecule has 23 heavy (non-hydrogen) atoms. The zero-order valence-electron chi connectivity index (χ0n) is 11.7. The molecule has 2 aromatic rings. The van der Waals surface area contributed by atoms with Crippen LogP contribution in [0.4, 0.5) is 10.2 Å². The summed E-state index contributed by atoms with van der Waals surface area (Å²) in [4.78, 5) is 15.6. The number of carbonyl (C=O) groups excluding carboxylic acids is 1. The average molecular weight is 314 g/mol. The highest BCUT2D eigenvalue weighted by atomic mass is 19.1. The molecule has 116 valence electrons. The van der Waals surface area contributed by atoms with Crippen molar-refractivity contribution in [2.75, 3.05) is 5.06 Å². The van der Waals surface area contributed by atoms with E-state index < -0.39 is 17.8 Å². The Labute approximate surface area is 130 Å². The van der Waals surface area contributed by atoms with Gasteiger partial charge in [-0.3, -0.25) is 10.0 Å². The van der Waals surface area contributed by atoms with Gasteiger partial charge in [-0.1, -0.05) is 0 Å². The Morgan fingerprint density at radius 1 is 1.43 bits per heavy atom. The SMILES string of the molecule is N#Cc1cc(Oc2cnc3c(c2)C[C@H](N)C(=O)N3O)ccc1F. The molecule has 1 amide bonds. The molecule has 0 bridgehead atoms. The van der Waals surface area contributed by atoms with Crippen molar-refractivity contribution >= 4 is 11.7 Å². The number of amides is 1. The number of benzene rings is 1. The minimum Gasteiger partial charge on any atom is -0.456 e. The molecule has 2 heterocycles. The molecule has 8 heteroatoms. The highest BCUT2D eigenvalue weighted by Crippen LogP contribution is 2.30. The lowest BCUT2D eigenvalue weighted by molar-refractivity contribution is -0.125. The number of anilines is 1. The summed E-state index contributed by atoms with van der Waals surface area (Å²) < 4.78 is 18.8. The summed E-state index contributed by atoms with van der Waals surface area (Å²) in [6.45, 7) is 0. The molecule has 1 atom stereocenters. The number of carbonyl (C=O) groups is 1. The number of halogens is 1. The average Bonchev–Trinajstić information content (AvgIpc) is 2.54. The lowest BCUT2D eigenvalue weighted by Crippen LogP contribution is -2.47. The molecule has 0 aliphatic carbocycles. The minimum absolute atomic E-state index is 0.0980. The maximum atomic E-state index is 13.3. The highest BCUT2D eigenvalue weighted by molar-refractivity contribution is 5.97. The summed E-state index contributed by atoms with van der Waals surface area (Å²) in [6, 6.07) is 6.21. The second-order valence-electron chi connectivity index (χ2n) is 4.97. The van der Waals surface area contributed by atoms with Crippen molar-refractivity contribution in [3.8, 4) is 17.6 Å². The van der Waals surface area contributed by atoms with E-state index in [1.165, 1.54) is 18.3 Å². The first-order valence-corrected chi connectivity index (χ1v) is 6.64. The molecule has 0 spiro atoms. The third-order valence-electron chi connectivity index (χ3n) is 3.38. The van der Waals surface area contributed by atoms with Crippen molar-refractivity contribution < 1.29 is 19.1 Å². The topological polar surface area (TPSA) is 112 Å². The number of aromatic nitrogens is 1. The van der Waals surface area contributed by atoms with Gasteiger partial charge in [-0.25, -0.2) is 9.37 Å². The van der Waals surface area contributed by atoms with E-state index in [-0.39, 0.29) is 23.6 Å². The number of pyridine rings is 1. The molecule has 1 aliphatic heterocycles. The molecule has 0 fully saturated rings. The fourth-order valence-corrected chi connectivity index (χ4v) is 2.25. The molecule has 0 unspecified atom stereocenters. The number of hydroxylamine groups is 1. The number of nitrogens with zero attached hydrogens (tertiary/aromatic N) is 3. The fourth-order valence-electron chi connectivity index (χ4n) is 2.25. The second kappa shape index (κ2) is 5.64. The van der Waals surface area contributed by atoms with E-state index in [0.717, 1.165) is 6.07 Å². The molecule has 3 N–H and O–H groups in total. The van der Waals surface area contributed by atoms with Crippen molar-refractivity contribution in [2.45, 2.75) is 12.5 Å². The summed E-state index contributed by atoms with van der Waals surface area (Å²) >= 11 is 0. The van der Waals surface area contributed by atoms with Gasteiger partial charge >= 0.3 is 0 Å². The zero-order valence-corrected chi connectivity index (χ0v) is 11.7. The van der Waals surface area contributed by atoms with Crippen LogP contribution in [0, 0.1) is 17.1 Å². The van der Waals surface area contributed by atoms with Crippen molar-refractivity contribution in [1.82, 2.24) is 4.98 Å². The van der Waals surface area contributed by atoms with Crippen LogP contribution < -0.4 is 15.5 Å². The summed E-state index contributed by atoms with van der Waals surface area (Å²) in [5.41, 5.74) is 6.05. The summed E-state index contributed by atoms with van der Waals surface area (Å²) in [5, 5.41) is 18.9. The zero-order chi connectivity index (χ0) is 16.6. The Balaban J connectivity index is 1.90. The molecule has 0 saturated carbocycles. The lowest BCUT2D eigenvalue weighted by Gasteiger charge is -2.26. The molecular formula is C15H11FN4O3. The van der Waals surface area contributed by atoms with Gasteiger partial charge in [-0.2, -0.15) is 10.3 Å². The number of hydrogen-bond acceptors (Lipinski definition) is 6. The van der Waals surface area contributed by atoms with Crippen molar-refractivity contribution in [3.63, 3.8) is 0 Å². The summed E-state index contributed by atoms with van der Waals surface area (Å²) in [7, 11) is 0.